The lowest BCUT2D eigenvalue weighted by atomic mass is 9.67. The summed E-state index contributed by atoms with van der Waals surface area (Å²) in [6.45, 7) is 4.71. The summed E-state index contributed by atoms with van der Waals surface area (Å²) in [5, 5.41) is 5.09. The largest absolute Gasteiger partial charge is 0.310 e. The van der Waals surface area contributed by atoms with E-state index in [1.54, 1.807) is 0 Å². The van der Waals surface area contributed by atoms with Crippen LogP contribution in [0.4, 0.5) is 34.1 Å². The van der Waals surface area contributed by atoms with E-state index < -0.39 is 5.41 Å². The highest BCUT2D eigenvalue weighted by atomic mass is 15.2. The van der Waals surface area contributed by atoms with E-state index in [-0.39, 0.29) is 5.41 Å². The Kier molecular flexibility index (Phi) is 21.2. The molecule has 4 heteroatoms. The van der Waals surface area contributed by atoms with Crippen molar-refractivity contribution in [3.63, 3.8) is 0 Å². The number of anilines is 6. The summed E-state index contributed by atoms with van der Waals surface area (Å²) < 4.78 is 4.74. The van der Waals surface area contributed by atoms with Crippen molar-refractivity contribution in [1.82, 2.24) is 9.13 Å². The molecule has 24 aromatic rings. The average Bonchev–Trinajstić information content (AvgIpc) is 1.53. The molecule has 0 bridgehead atoms. The van der Waals surface area contributed by atoms with E-state index in [9.17, 15) is 0 Å². The number of para-hydroxylation sites is 6. The Bertz CT molecular complexity index is 8580. The van der Waals surface area contributed by atoms with E-state index in [0.29, 0.717) is 0 Å². The lowest BCUT2D eigenvalue weighted by Crippen LogP contribution is -2.28. The summed E-state index contributed by atoms with van der Waals surface area (Å²) in [5.74, 6) is 0. The molecular formula is C136H96N4. The average molecular weight is 1790 g/mol. The van der Waals surface area contributed by atoms with Gasteiger partial charge in [-0.1, -0.05) is 451 Å². The van der Waals surface area contributed by atoms with Gasteiger partial charge in [0.15, 0.2) is 0 Å². The van der Waals surface area contributed by atoms with Crippen LogP contribution in [0.1, 0.15) is 47.2 Å². The number of hydrogen-bond donors (Lipinski definition) is 0. The van der Waals surface area contributed by atoms with Crippen molar-refractivity contribution in [1.29, 1.82) is 0 Å². The number of aromatic nitrogens is 2. The predicted molar refractivity (Wildman–Crippen MR) is 589 cm³/mol. The SMILES string of the molecule is CC1(C)c2ccccc2-c2ccc(N(c3ccc(-c4ccc(-c5ccc(-n6c7ccccc7c7ccccc76)cc5)cc4)cc3)c3ccccc3-c3ccc(-c4ccccc4)cc3)cc21.c1ccc(-c2ccc(-c3ccccc3N(c3ccc(-c4ccc(-c5ccc(-n6c7ccccc7c7ccccc76)cc5)cc4)cc3)c3ccc4c(c3)C(c3ccccc3)(c3ccccc3)c3ccccc3-4)cc2)cc1. The van der Waals surface area contributed by atoms with Crippen LogP contribution in [-0.2, 0) is 10.8 Å². The van der Waals surface area contributed by atoms with Crippen LogP contribution in [0.15, 0.2) is 546 Å². The Labute approximate surface area is 817 Å². The smallest absolute Gasteiger partial charge is 0.0714 e. The molecule has 0 saturated carbocycles. The number of rotatable bonds is 18. The zero-order valence-corrected chi connectivity index (χ0v) is 77.8. The van der Waals surface area contributed by atoms with Crippen LogP contribution in [0.2, 0.25) is 0 Å². The van der Waals surface area contributed by atoms with E-state index >= 15 is 0 Å². The summed E-state index contributed by atoms with van der Waals surface area (Å²) in [6, 6.07) is 200. The second kappa shape index (κ2) is 35.4. The lowest BCUT2D eigenvalue weighted by Gasteiger charge is -2.35. The minimum atomic E-state index is -0.534. The van der Waals surface area contributed by atoms with Gasteiger partial charge < -0.3 is 18.9 Å². The highest BCUT2D eigenvalue weighted by Gasteiger charge is 2.47. The molecule has 4 nitrogen and oxygen atoms in total. The Hall–Kier alpha value is -18.0. The highest BCUT2D eigenvalue weighted by Crippen LogP contribution is 2.59. The fourth-order valence-corrected chi connectivity index (χ4v) is 22.4. The molecule has 2 aliphatic rings. The van der Waals surface area contributed by atoms with Gasteiger partial charge in [-0.3, -0.25) is 0 Å². The van der Waals surface area contributed by atoms with Crippen molar-refractivity contribution < 1.29 is 0 Å². The zero-order valence-electron chi connectivity index (χ0n) is 77.8. The van der Waals surface area contributed by atoms with Crippen LogP contribution in [-0.4, -0.2) is 9.13 Å². The standard InChI is InChI=1S/C73H50N2.C63H46N2/c1-4-18-51(19-5-1)52-36-38-57(39-37-52)63-24-11-15-29-70(63)74(62-48-49-65-64-25-10-14-28-68(64)73(69(65)50-62,58-20-6-2-7-21-58)59-22-8-3-9-23-59)60-44-40-55(41-45-60)53-32-34-54(35-33-53)56-42-46-61(47-43-56)75-71-30-16-12-26-66(71)67-27-13-17-31-72(67)75;1-63(2)58-20-10-6-17-54(58)55-41-40-52(42-59(55)63)64(60-21-11-7-16-53(60)49-30-28-44(29-31-49)43-14-4-3-5-15-43)50-36-32-47(33-37-50)45-24-26-46(27-25-45)48-34-38-51(39-35-48)65-61-22-12-8-18-56(61)57-19-9-13-23-62(57)65/h1-50H;3-42H,1-2H3. The summed E-state index contributed by atoms with van der Waals surface area (Å²) in [5.41, 5.74) is 45.1. The van der Waals surface area contributed by atoms with Gasteiger partial charge in [-0.15, -0.1) is 0 Å². The van der Waals surface area contributed by atoms with Gasteiger partial charge in [-0.2, -0.15) is 0 Å². The molecule has 660 valence electrons. The van der Waals surface area contributed by atoms with Gasteiger partial charge in [0.2, 0.25) is 0 Å². The topological polar surface area (TPSA) is 16.3 Å². The van der Waals surface area contributed by atoms with Gasteiger partial charge in [0.1, 0.15) is 0 Å². The lowest BCUT2D eigenvalue weighted by molar-refractivity contribution is 0.660. The second-order valence-electron chi connectivity index (χ2n) is 37.3. The third kappa shape index (κ3) is 14.7. The molecule has 2 aromatic heterocycles. The van der Waals surface area contributed by atoms with Gasteiger partial charge >= 0.3 is 0 Å². The minimum absolute atomic E-state index is 0.120. The number of hydrogen-bond acceptors (Lipinski definition) is 2. The Morgan fingerprint density at radius 2 is 0.400 bits per heavy atom. The fourth-order valence-electron chi connectivity index (χ4n) is 22.4. The fraction of sp³-hybridized carbons (Fsp3) is 0.0294. The van der Waals surface area contributed by atoms with Crippen LogP contribution < -0.4 is 9.80 Å². The van der Waals surface area contributed by atoms with Crippen LogP contribution in [0.3, 0.4) is 0 Å². The molecule has 0 unspecified atom stereocenters. The Morgan fingerprint density at radius 3 is 0.757 bits per heavy atom. The first-order valence-electron chi connectivity index (χ1n) is 48.5. The molecule has 0 aliphatic heterocycles. The molecular weight excluding hydrogens is 1690 g/mol. The molecule has 140 heavy (non-hydrogen) atoms. The summed E-state index contributed by atoms with van der Waals surface area (Å²) >= 11 is 0. The maximum absolute atomic E-state index is 2.47. The van der Waals surface area contributed by atoms with E-state index in [1.165, 1.54) is 172 Å². The van der Waals surface area contributed by atoms with E-state index in [1.807, 2.05) is 0 Å². The van der Waals surface area contributed by atoms with Gasteiger partial charge in [-0.05, 0) is 243 Å². The molecule has 2 aliphatic carbocycles. The van der Waals surface area contributed by atoms with E-state index in [0.717, 1.165) is 62.2 Å². The van der Waals surface area contributed by atoms with Crippen molar-refractivity contribution in [2.24, 2.45) is 0 Å². The van der Waals surface area contributed by atoms with Crippen molar-refractivity contribution in [3.05, 3.63) is 579 Å². The van der Waals surface area contributed by atoms with Crippen molar-refractivity contribution >= 4 is 77.7 Å². The zero-order chi connectivity index (χ0) is 93.2. The highest BCUT2D eigenvalue weighted by molar-refractivity contribution is 6.11. The van der Waals surface area contributed by atoms with Crippen LogP contribution in [0.25, 0.3) is 166 Å². The molecule has 0 radical (unpaired) electrons. The van der Waals surface area contributed by atoms with Gasteiger partial charge in [-0.25, -0.2) is 0 Å². The van der Waals surface area contributed by atoms with Gasteiger partial charge in [0.25, 0.3) is 0 Å². The molecule has 0 amide bonds. The first-order chi connectivity index (χ1) is 69.2. The van der Waals surface area contributed by atoms with Crippen molar-refractivity contribution in [3.8, 4) is 123 Å². The molecule has 26 rings (SSSR count). The summed E-state index contributed by atoms with van der Waals surface area (Å²) in [7, 11) is 0. The maximum atomic E-state index is 2.47. The van der Waals surface area contributed by atoms with Crippen LogP contribution in [0.5, 0.6) is 0 Å². The molecule has 22 aromatic carbocycles. The molecule has 0 spiro atoms. The van der Waals surface area contributed by atoms with Crippen LogP contribution >= 0.6 is 0 Å². The van der Waals surface area contributed by atoms with E-state index in [4.69, 9.17) is 0 Å². The number of benzene rings is 22. The second-order valence-corrected chi connectivity index (χ2v) is 37.3. The predicted octanol–water partition coefficient (Wildman–Crippen LogP) is 36.5. The quantitative estimate of drug-likeness (QED) is 0.0851. The summed E-state index contributed by atoms with van der Waals surface area (Å²) in [6.07, 6.45) is 0. The normalized spacial score (nSPS) is 12.5. The molecule has 0 saturated heterocycles. The monoisotopic (exact) mass is 1780 g/mol. The van der Waals surface area contributed by atoms with Crippen LogP contribution in [0, 0.1) is 0 Å². The van der Waals surface area contributed by atoms with E-state index in [2.05, 4.69) is 579 Å². The maximum Gasteiger partial charge on any atom is 0.0714 e. The molecule has 0 fully saturated rings. The third-order valence-corrected chi connectivity index (χ3v) is 29.2. The Balaban J connectivity index is 0.000000149. The minimum Gasteiger partial charge on any atom is -0.310 e. The van der Waals surface area contributed by atoms with Crippen molar-refractivity contribution in [2.45, 2.75) is 24.7 Å². The van der Waals surface area contributed by atoms with Gasteiger partial charge in [0, 0.05) is 72.2 Å². The number of nitrogens with zero attached hydrogens (tertiary/aromatic N) is 4. The first kappa shape index (κ1) is 83.8. The molecule has 2 heterocycles. The Morgan fingerprint density at radius 1 is 0.164 bits per heavy atom. The first-order valence-corrected chi connectivity index (χ1v) is 48.5. The molecule has 0 N–H and O–H groups in total. The summed E-state index contributed by atoms with van der Waals surface area (Å²) in [4.78, 5) is 4.90. The number of fused-ring (bicyclic) bond motifs is 12. The van der Waals surface area contributed by atoms with Gasteiger partial charge in [0.05, 0.1) is 38.9 Å². The molecule has 0 atom stereocenters. The van der Waals surface area contributed by atoms with Crippen molar-refractivity contribution in [2.75, 3.05) is 9.80 Å². The third-order valence-electron chi connectivity index (χ3n) is 29.2.